The molecule has 2 aromatic carbocycles. The van der Waals surface area contributed by atoms with Gasteiger partial charge < -0.3 is 4.90 Å². The molecule has 0 saturated carbocycles. The van der Waals surface area contributed by atoms with Crippen molar-refractivity contribution in [3.8, 4) is 0 Å². The molecule has 0 atom stereocenters. The lowest BCUT2D eigenvalue weighted by Crippen LogP contribution is -2.33. The van der Waals surface area contributed by atoms with Crippen LogP contribution in [0, 0.1) is 0 Å². The van der Waals surface area contributed by atoms with Crippen LogP contribution in [0.4, 0.5) is 5.69 Å². The minimum Gasteiger partial charge on any atom is -0.339 e. The SMILES string of the molecule is CC(C)N(C)C(=O)c1ccc(Cl)c(S(=O)(=O)Nc2cc(Cl)ccc2Cl)c1. The van der Waals surface area contributed by atoms with Gasteiger partial charge in [-0.1, -0.05) is 34.8 Å². The Morgan fingerprint density at radius 2 is 1.65 bits per heavy atom. The van der Waals surface area contributed by atoms with Crippen molar-refractivity contribution in [2.45, 2.75) is 24.8 Å². The van der Waals surface area contributed by atoms with Gasteiger partial charge in [-0.05, 0) is 50.2 Å². The molecule has 0 radical (unpaired) electrons. The first-order chi connectivity index (χ1) is 12.0. The lowest BCUT2D eigenvalue weighted by Gasteiger charge is -2.22. The normalized spacial score (nSPS) is 11.5. The zero-order valence-corrected chi connectivity index (χ0v) is 17.3. The number of hydrogen-bond acceptors (Lipinski definition) is 3. The summed E-state index contributed by atoms with van der Waals surface area (Å²) in [5, 5.41) is 0.487. The van der Waals surface area contributed by atoms with Gasteiger partial charge in [-0.3, -0.25) is 9.52 Å². The standard InChI is InChI=1S/C17H17Cl3N2O3S/c1-10(2)22(3)17(23)11-4-6-14(20)16(8-11)26(24,25)21-15-9-12(18)5-7-13(15)19/h4-10,21H,1-3H3. The highest BCUT2D eigenvalue weighted by Crippen LogP contribution is 2.30. The van der Waals surface area contributed by atoms with Crippen LogP contribution in [0.3, 0.4) is 0 Å². The van der Waals surface area contributed by atoms with E-state index in [0.717, 1.165) is 0 Å². The molecule has 140 valence electrons. The minimum absolute atomic E-state index is 0.0144. The third-order valence-corrected chi connectivity index (χ3v) is 6.15. The predicted octanol–water partition coefficient (Wildman–Crippen LogP) is 4.93. The lowest BCUT2D eigenvalue weighted by molar-refractivity contribution is 0.0754. The van der Waals surface area contributed by atoms with Crippen molar-refractivity contribution in [1.29, 1.82) is 0 Å². The maximum Gasteiger partial charge on any atom is 0.263 e. The van der Waals surface area contributed by atoms with E-state index < -0.39 is 10.0 Å². The molecule has 2 aromatic rings. The summed E-state index contributed by atoms with van der Waals surface area (Å²) in [5.74, 6) is -0.311. The van der Waals surface area contributed by atoms with Crippen LogP contribution in [0.2, 0.25) is 15.1 Å². The lowest BCUT2D eigenvalue weighted by atomic mass is 10.2. The molecule has 2 rings (SSSR count). The number of carbonyl (C=O) groups excluding carboxylic acids is 1. The van der Waals surface area contributed by atoms with Crippen LogP contribution in [0.15, 0.2) is 41.3 Å². The van der Waals surface area contributed by atoms with Crippen molar-refractivity contribution in [1.82, 2.24) is 4.90 Å². The number of benzene rings is 2. The van der Waals surface area contributed by atoms with E-state index in [2.05, 4.69) is 4.72 Å². The van der Waals surface area contributed by atoms with E-state index in [0.29, 0.717) is 5.02 Å². The number of halogens is 3. The summed E-state index contributed by atoms with van der Waals surface area (Å²) < 4.78 is 27.8. The fraction of sp³-hybridized carbons (Fsp3) is 0.235. The Balaban J connectivity index is 2.44. The molecular formula is C17H17Cl3N2O3S. The largest absolute Gasteiger partial charge is 0.339 e. The summed E-state index contributed by atoms with van der Waals surface area (Å²) in [7, 11) is -2.44. The zero-order valence-electron chi connectivity index (χ0n) is 14.3. The number of amides is 1. The van der Waals surface area contributed by atoms with E-state index in [9.17, 15) is 13.2 Å². The first-order valence-electron chi connectivity index (χ1n) is 7.57. The third-order valence-electron chi connectivity index (χ3n) is 3.74. The number of sulfonamides is 1. The molecule has 0 aromatic heterocycles. The van der Waals surface area contributed by atoms with Crippen LogP contribution in [-0.4, -0.2) is 32.3 Å². The van der Waals surface area contributed by atoms with Crippen LogP contribution in [0.25, 0.3) is 0 Å². The second kappa shape index (κ2) is 8.05. The second-order valence-electron chi connectivity index (χ2n) is 5.88. The highest BCUT2D eigenvalue weighted by atomic mass is 35.5. The van der Waals surface area contributed by atoms with E-state index >= 15 is 0 Å². The van der Waals surface area contributed by atoms with E-state index in [1.54, 1.807) is 7.05 Å². The van der Waals surface area contributed by atoms with Gasteiger partial charge in [0.1, 0.15) is 4.90 Å². The molecule has 5 nitrogen and oxygen atoms in total. The number of rotatable bonds is 5. The fourth-order valence-corrected chi connectivity index (χ4v) is 4.05. The van der Waals surface area contributed by atoms with Gasteiger partial charge in [-0.2, -0.15) is 0 Å². The Kier molecular flexibility index (Phi) is 6.45. The molecule has 1 N–H and O–H groups in total. The van der Waals surface area contributed by atoms with E-state index in [4.69, 9.17) is 34.8 Å². The van der Waals surface area contributed by atoms with E-state index in [1.807, 2.05) is 13.8 Å². The molecule has 0 fully saturated rings. The molecule has 0 bridgehead atoms. The zero-order chi connectivity index (χ0) is 19.6. The van der Waals surface area contributed by atoms with Gasteiger partial charge in [0, 0.05) is 23.7 Å². The molecule has 0 unspecified atom stereocenters. The van der Waals surface area contributed by atoms with Gasteiger partial charge >= 0.3 is 0 Å². The summed E-state index contributed by atoms with van der Waals surface area (Å²) in [4.78, 5) is 13.7. The monoisotopic (exact) mass is 434 g/mol. The van der Waals surface area contributed by atoms with Crippen molar-refractivity contribution in [3.63, 3.8) is 0 Å². The first kappa shape index (κ1) is 20.8. The van der Waals surface area contributed by atoms with Gasteiger partial charge in [0.2, 0.25) is 0 Å². The van der Waals surface area contributed by atoms with Gasteiger partial charge in [-0.15, -0.1) is 0 Å². The van der Waals surface area contributed by atoms with Gasteiger partial charge in [0.15, 0.2) is 0 Å². The van der Waals surface area contributed by atoms with Crippen LogP contribution < -0.4 is 4.72 Å². The molecule has 0 heterocycles. The number of nitrogens with zero attached hydrogens (tertiary/aromatic N) is 1. The highest BCUT2D eigenvalue weighted by molar-refractivity contribution is 7.92. The quantitative estimate of drug-likeness (QED) is 0.724. The molecule has 0 saturated heterocycles. The van der Waals surface area contributed by atoms with Gasteiger partial charge in [0.25, 0.3) is 15.9 Å². The molecule has 0 aliphatic rings. The second-order valence-corrected chi connectivity index (χ2v) is 8.79. The topological polar surface area (TPSA) is 66.5 Å². The van der Waals surface area contributed by atoms with Gasteiger partial charge in [-0.25, -0.2) is 8.42 Å². The van der Waals surface area contributed by atoms with Crippen LogP contribution in [0.1, 0.15) is 24.2 Å². The Bertz CT molecular complexity index is 946. The molecule has 0 aliphatic heterocycles. The number of carbonyl (C=O) groups is 1. The maximum atomic E-state index is 12.7. The minimum atomic E-state index is -4.08. The summed E-state index contributed by atoms with van der Waals surface area (Å²) in [5.41, 5.74) is 0.328. The molecule has 1 amide bonds. The summed E-state index contributed by atoms with van der Waals surface area (Å²) >= 11 is 18.0. The summed E-state index contributed by atoms with van der Waals surface area (Å²) in [6.07, 6.45) is 0. The van der Waals surface area contributed by atoms with Crippen molar-refractivity contribution in [3.05, 3.63) is 57.0 Å². The van der Waals surface area contributed by atoms with Gasteiger partial charge in [0.05, 0.1) is 15.7 Å². The maximum absolute atomic E-state index is 12.7. The average Bonchev–Trinajstić information content (AvgIpc) is 2.56. The van der Waals surface area contributed by atoms with Crippen molar-refractivity contribution >= 4 is 56.4 Å². The Morgan fingerprint density at radius 1 is 1.04 bits per heavy atom. The Labute approximate surface area is 167 Å². The van der Waals surface area contributed by atoms with Crippen LogP contribution in [-0.2, 0) is 10.0 Å². The van der Waals surface area contributed by atoms with Crippen molar-refractivity contribution in [2.75, 3.05) is 11.8 Å². The number of anilines is 1. The first-order valence-corrected chi connectivity index (χ1v) is 10.2. The number of hydrogen-bond donors (Lipinski definition) is 1. The van der Waals surface area contributed by atoms with Crippen molar-refractivity contribution in [2.24, 2.45) is 0 Å². The third kappa shape index (κ3) is 4.62. The molecule has 26 heavy (non-hydrogen) atoms. The van der Waals surface area contributed by atoms with E-state index in [1.165, 1.54) is 41.3 Å². The van der Waals surface area contributed by atoms with Crippen LogP contribution in [0.5, 0.6) is 0 Å². The van der Waals surface area contributed by atoms with Crippen molar-refractivity contribution < 1.29 is 13.2 Å². The number of nitrogens with one attached hydrogen (secondary N) is 1. The molecular weight excluding hydrogens is 419 g/mol. The average molecular weight is 436 g/mol. The Hall–Kier alpha value is -1.47. The van der Waals surface area contributed by atoms with Crippen LogP contribution >= 0.6 is 34.8 Å². The molecule has 0 aliphatic carbocycles. The predicted molar refractivity (Wildman–Crippen MR) is 106 cm³/mol. The molecule has 0 spiro atoms. The van der Waals surface area contributed by atoms with E-state index in [-0.39, 0.29) is 38.1 Å². The summed E-state index contributed by atoms with van der Waals surface area (Å²) in [6, 6.07) is 8.45. The smallest absolute Gasteiger partial charge is 0.263 e. The highest BCUT2D eigenvalue weighted by Gasteiger charge is 2.23. The fourth-order valence-electron chi connectivity index (χ4n) is 2.06. The Morgan fingerprint density at radius 3 is 2.27 bits per heavy atom. The summed E-state index contributed by atoms with van der Waals surface area (Å²) in [6.45, 7) is 3.71. The molecule has 9 heteroatoms.